The van der Waals surface area contributed by atoms with Crippen molar-refractivity contribution in [2.75, 3.05) is 11.0 Å². The average molecular weight is 347 g/mol. The van der Waals surface area contributed by atoms with E-state index in [0.29, 0.717) is 0 Å². The Morgan fingerprint density at radius 1 is 1.31 bits per heavy atom. The first-order valence-electron chi connectivity index (χ1n) is 4.67. The molecule has 5 atom stereocenters. The molecule has 0 aliphatic carbocycles. The summed E-state index contributed by atoms with van der Waals surface area (Å²) in [6, 6.07) is -1.10. The molecule has 0 saturated carbocycles. The fraction of sp³-hybridized carbons (Fsp3) is 0.875. The van der Waals surface area contributed by atoms with Crippen LogP contribution in [0, 0.1) is 0 Å². The van der Waals surface area contributed by atoms with E-state index in [1.165, 1.54) is 0 Å². The number of nitrogens with one attached hydrogen (secondary N) is 1. The second-order valence-corrected chi connectivity index (χ2v) is 4.22. The molecular weight excluding hydrogens is 333 g/mol. The third-order valence-electron chi connectivity index (χ3n) is 2.35. The highest BCUT2D eigenvalue weighted by Crippen LogP contribution is 2.19. The van der Waals surface area contributed by atoms with Crippen LogP contribution >= 0.6 is 22.6 Å². The Kier molecular flexibility index (Phi) is 5.34. The van der Waals surface area contributed by atoms with Crippen molar-refractivity contribution in [3.63, 3.8) is 0 Å². The van der Waals surface area contributed by atoms with Gasteiger partial charge in [-0.05, 0) is 0 Å². The van der Waals surface area contributed by atoms with Gasteiger partial charge in [0.15, 0.2) is 6.29 Å². The van der Waals surface area contributed by atoms with Gasteiger partial charge in [-0.25, -0.2) is 0 Å². The largest absolute Gasteiger partial charge is 0.394 e. The second-order valence-electron chi connectivity index (χ2n) is 3.46. The van der Waals surface area contributed by atoms with E-state index in [2.05, 4.69) is 5.32 Å². The molecule has 0 radical (unpaired) electrons. The minimum Gasteiger partial charge on any atom is -0.394 e. The molecule has 1 aliphatic heterocycles. The molecule has 1 saturated heterocycles. The number of hydrogen-bond acceptors (Lipinski definition) is 6. The van der Waals surface area contributed by atoms with Gasteiger partial charge in [0.25, 0.3) is 0 Å². The SMILES string of the molecule is O=C(CI)N[C@H]1C(O)O[C@H](CO)[C@H](O)[C@@H]1O. The monoisotopic (exact) mass is 347 g/mol. The molecule has 94 valence electrons. The lowest BCUT2D eigenvalue weighted by Gasteiger charge is -2.40. The molecular formula is C8H14INO6. The van der Waals surface area contributed by atoms with Crippen LogP contribution in [0.4, 0.5) is 0 Å². The third-order valence-corrected chi connectivity index (χ3v) is 3.04. The summed E-state index contributed by atoms with van der Waals surface area (Å²) in [4.78, 5) is 11.1. The van der Waals surface area contributed by atoms with Crippen molar-refractivity contribution in [2.24, 2.45) is 0 Å². The van der Waals surface area contributed by atoms with Gasteiger partial charge in [0.2, 0.25) is 5.91 Å². The Morgan fingerprint density at radius 3 is 2.44 bits per heavy atom. The van der Waals surface area contributed by atoms with Crippen molar-refractivity contribution < 1.29 is 30.0 Å². The molecule has 16 heavy (non-hydrogen) atoms. The number of amides is 1. The number of carbonyl (C=O) groups excluding carboxylic acids is 1. The van der Waals surface area contributed by atoms with Gasteiger partial charge in [0.05, 0.1) is 11.0 Å². The molecule has 5 N–H and O–H groups in total. The zero-order valence-corrected chi connectivity index (χ0v) is 10.4. The molecule has 1 fully saturated rings. The van der Waals surface area contributed by atoms with Gasteiger partial charge in [-0.15, -0.1) is 0 Å². The first kappa shape index (κ1) is 14.1. The normalized spacial score (nSPS) is 39.4. The molecule has 1 amide bonds. The molecule has 1 aliphatic rings. The Morgan fingerprint density at radius 2 is 1.94 bits per heavy atom. The van der Waals surface area contributed by atoms with Crippen LogP contribution in [0.3, 0.4) is 0 Å². The van der Waals surface area contributed by atoms with E-state index in [9.17, 15) is 20.1 Å². The zero-order valence-electron chi connectivity index (χ0n) is 8.28. The molecule has 1 heterocycles. The summed E-state index contributed by atoms with van der Waals surface area (Å²) in [5.41, 5.74) is 0. The van der Waals surface area contributed by atoms with Crippen molar-refractivity contribution >= 4 is 28.5 Å². The van der Waals surface area contributed by atoms with Crippen molar-refractivity contribution in [1.82, 2.24) is 5.32 Å². The maximum Gasteiger partial charge on any atom is 0.230 e. The summed E-state index contributed by atoms with van der Waals surface area (Å²) in [6.07, 6.45) is -5.25. The third kappa shape index (κ3) is 3.02. The van der Waals surface area contributed by atoms with Gasteiger partial charge in [0, 0.05) is 0 Å². The van der Waals surface area contributed by atoms with Crippen LogP contribution in [0.15, 0.2) is 0 Å². The Labute approximate surface area is 106 Å². The van der Waals surface area contributed by atoms with Crippen LogP contribution < -0.4 is 5.32 Å². The van der Waals surface area contributed by atoms with E-state index in [-0.39, 0.29) is 10.3 Å². The van der Waals surface area contributed by atoms with Crippen LogP contribution in [-0.4, -0.2) is 68.0 Å². The first-order valence-corrected chi connectivity index (χ1v) is 6.19. The summed E-state index contributed by atoms with van der Waals surface area (Å²) in [7, 11) is 0. The molecule has 1 unspecified atom stereocenters. The summed E-state index contributed by atoms with van der Waals surface area (Å²) in [5.74, 6) is -0.387. The van der Waals surface area contributed by atoms with Crippen LogP contribution in [0.1, 0.15) is 0 Å². The van der Waals surface area contributed by atoms with E-state index in [1.54, 1.807) is 0 Å². The summed E-state index contributed by atoms with van der Waals surface area (Å²) in [5, 5.41) is 39.8. The summed E-state index contributed by atoms with van der Waals surface area (Å²) in [6.45, 7) is -0.526. The van der Waals surface area contributed by atoms with Crippen molar-refractivity contribution in [1.29, 1.82) is 0 Å². The maximum absolute atomic E-state index is 11.1. The lowest BCUT2D eigenvalue weighted by molar-refractivity contribution is -0.253. The quantitative estimate of drug-likeness (QED) is 0.281. The van der Waals surface area contributed by atoms with Gasteiger partial charge in [-0.1, -0.05) is 22.6 Å². The number of rotatable bonds is 3. The Hall–Kier alpha value is -0.0000000000000000694. The van der Waals surface area contributed by atoms with Crippen LogP contribution in [0.2, 0.25) is 0 Å². The summed E-state index contributed by atoms with van der Waals surface area (Å²) < 4.78 is 5.01. The van der Waals surface area contributed by atoms with Crippen molar-refractivity contribution in [3.05, 3.63) is 0 Å². The lowest BCUT2D eigenvalue weighted by Crippen LogP contribution is -2.64. The van der Waals surface area contributed by atoms with Gasteiger partial charge in [0.1, 0.15) is 24.4 Å². The van der Waals surface area contributed by atoms with Crippen LogP contribution in [0.25, 0.3) is 0 Å². The predicted octanol–water partition coefficient (Wildman–Crippen LogP) is -2.66. The molecule has 0 aromatic heterocycles. The van der Waals surface area contributed by atoms with Gasteiger partial charge < -0.3 is 30.5 Å². The Balaban J connectivity index is 2.67. The smallest absolute Gasteiger partial charge is 0.230 e. The van der Waals surface area contributed by atoms with Crippen molar-refractivity contribution in [2.45, 2.75) is 30.6 Å². The number of hydrogen-bond donors (Lipinski definition) is 5. The highest BCUT2D eigenvalue weighted by Gasteiger charge is 2.44. The van der Waals surface area contributed by atoms with E-state index >= 15 is 0 Å². The van der Waals surface area contributed by atoms with E-state index in [0.717, 1.165) is 0 Å². The fourth-order valence-corrected chi connectivity index (χ4v) is 1.70. The number of aliphatic hydroxyl groups excluding tert-OH is 4. The number of ether oxygens (including phenoxy) is 1. The van der Waals surface area contributed by atoms with Crippen LogP contribution in [0.5, 0.6) is 0 Å². The lowest BCUT2D eigenvalue weighted by atomic mass is 9.97. The zero-order chi connectivity index (χ0) is 12.3. The molecule has 0 aromatic rings. The molecule has 0 bridgehead atoms. The summed E-state index contributed by atoms with van der Waals surface area (Å²) >= 11 is 1.82. The van der Waals surface area contributed by atoms with Gasteiger partial charge in [-0.2, -0.15) is 0 Å². The van der Waals surface area contributed by atoms with E-state index < -0.39 is 37.3 Å². The second kappa shape index (κ2) is 6.07. The number of carbonyl (C=O) groups is 1. The van der Waals surface area contributed by atoms with Crippen LogP contribution in [-0.2, 0) is 9.53 Å². The predicted molar refractivity (Wildman–Crippen MR) is 60.8 cm³/mol. The van der Waals surface area contributed by atoms with Crippen molar-refractivity contribution in [3.8, 4) is 0 Å². The minimum absolute atomic E-state index is 0.160. The van der Waals surface area contributed by atoms with Gasteiger partial charge in [-0.3, -0.25) is 4.79 Å². The van der Waals surface area contributed by atoms with Gasteiger partial charge >= 0.3 is 0 Å². The topological polar surface area (TPSA) is 119 Å². The maximum atomic E-state index is 11.1. The average Bonchev–Trinajstić information content (AvgIpc) is 2.28. The molecule has 8 heteroatoms. The highest BCUT2D eigenvalue weighted by atomic mass is 127. The number of alkyl halides is 1. The number of aliphatic hydroxyl groups is 4. The first-order chi connectivity index (χ1) is 7.51. The van der Waals surface area contributed by atoms with E-state index in [4.69, 9.17) is 9.84 Å². The highest BCUT2D eigenvalue weighted by molar-refractivity contribution is 14.1. The fourth-order valence-electron chi connectivity index (χ4n) is 1.48. The molecule has 1 rings (SSSR count). The molecule has 0 spiro atoms. The standard InChI is InChI=1S/C8H14INO6/c9-1-4(12)10-5-7(14)6(13)3(2-11)16-8(5)15/h3,5-8,11,13-15H,1-2H2,(H,10,12)/t3-,5-,6+,7-,8?/m1/s1. The molecule has 7 nitrogen and oxygen atoms in total. The van der Waals surface area contributed by atoms with E-state index in [1.807, 2.05) is 22.6 Å². The Bertz CT molecular complexity index is 253. The number of halogens is 1. The molecule has 0 aromatic carbocycles. The minimum atomic E-state index is -1.46.